The maximum Gasteiger partial charge on any atom is 0.276 e. The van der Waals surface area contributed by atoms with E-state index in [2.05, 4.69) is 18.8 Å². The zero-order valence-electron chi connectivity index (χ0n) is 19.7. The summed E-state index contributed by atoms with van der Waals surface area (Å²) in [5, 5.41) is 17.7. The summed E-state index contributed by atoms with van der Waals surface area (Å²) in [6, 6.07) is 0. The lowest BCUT2D eigenvalue weighted by Crippen LogP contribution is -2.48. The summed E-state index contributed by atoms with van der Waals surface area (Å²) in [7, 11) is 6.03. The summed E-state index contributed by atoms with van der Waals surface area (Å²) in [4.78, 5) is 19.0. The molecule has 2 N–H and O–H groups in total. The molecule has 0 aromatic carbocycles. The first kappa shape index (κ1) is 23.4. The molecule has 4 rings (SSSR count). The topological polar surface area (TPSA) is 94.0 Å². The molecule has 2 saturated carbocycles. The van der Waals surface area contributed by atoms with Gasteiger partial charge in [-0.25, -0.2) is 9.37 Å². The van der Waals surface area contributed by atoms with Gasteiger partial charge in [0.25, 0.3) is 5.91 Å². The molecule has 6 nitrogen and oxygen atoms in total. The molecule has 8 heteroatoms. The number of aromatic nitrogens is 1. The molecule has 2 atom stereocenters. The molecule has 33 heavy (non-hydrogen) atoms. The Labute approximate surface area is 195 Å². The average molecular weight is 448 g/mol. The molecule has 2 radical (unpaired) electrons. The van der Waals surface area contributed by atoms with E-state index in [1.54, 1.807) is 17.9 Å². The molecule has 1 aromatic rings. The second kappa shape index (κ2) is 8.22. The highest BCUT2D eigenvalue weighted by atomic mass is 19.1. The molecule has 172 valence electrons. The van der Waals surface area contributed by atoms with Crippen molar-refractivity contribution >= 4 is 25.2 Å². The Balaban J connectivity index is 1.67. The van der Waals surface area contributed by atoms with E-state index >= 15 is 0 Å². The highest BCUT2D eigenvalue weighted by molar-refractivity contribution is 6.28. The van der Waals surface area contributed by atoms with Crippen LogP contribution in [0, 0.1) is 34.5 Å². The molecule has 3 aliphatic carbocycles. The Kier molecular flexibility index (Phi) is 5.83. The largest absolute Gasteiger partial charge is 0.448 e. The van der Waals surface area contributed by atoms with E-state index < -0.39 is 11.2 Å². The molecule has 0 spiro atoms. The fourth-order valence-corrected chi connectivity index (χ4v) is 5.96. The number of nitrogens with one attached hydrogen (secondary N) is 2. The summed E-state index contributed by atoms with van der Waals surface area (Å²) < 4.78 is 19.7. The number of halogens is 1. The first-order valence-electron chi connectivity index (χ1n) is 11.5. The first-order valence-corrected chi connectivity index (χ1v) is 11.5. The number of hydrogen-bond donors (Lipinski definition) is 2. The van der Waals surface area contributed by atoms with Crippen LogP contribution in [0.1, 0.15) is 62.7 Å². The maximum atomic E-state index is 14.5. The normalized spacial score (nSPS) is 27.3. The van der Waals surface area contributed by atoms with Crippen LogP contribution in [-0.2, 0) is 0 Å². The van der Waals surface area contributed by atoms with Gasteiger partial charge < -0.3 is 20.1 Å². The van der Waals surface area contributed by atoms with Gasteiger partial charge in [-0.3, -0.25) is 4.79 Å². The molecule has 0 aliphatic heterocycles. The number of fused-ring (bicyclic) bond motifs is 2. The Hall–Kier alpha value is -2.77. The Morgan fingerprint density at radius 1 is 1.45 bits per heavy atom. The molecule has 3 aliphatic rings. The lowest BCUT2D eigenvalue weighted by molar-refractivity contribution is 0.0622. The zero-order valence-corrected chi connectivity index (χ0v) is 19.7. The Morgan fingerprint density at radius 3 is 2.79 bits per heavy atom. The second-order valence-corrected chi connectivity index (χ2v) is 9.85. The molecule has 1 heterocycles. The van der Waals surface area contributed by atoms with Gasteiger partial charge in [-0.1, -0.05) is 13.8 Å². The minimum Gasteiger partial charge on any atom is -0.448 e. The molecule has 2 bridgehead atoms. The van der Waals surface area contributed by atoms with Crippen molar-refractivity contribution in [3.8, 4) is 0 Å². The highest BCUT2D eigenvalue weighted by Crippen LogP contribution is 2.66. The van der Waals surface area contributed by atoms with E-state index in [0.29, 0.717) is 48.6 Å². The number of hydrogen-bond acceptors (Lipinski definition) is 5. The van der Waals surface area contributed by atoms with Gasteiger partial charge in [-0.05, 0) is 68.6 Å². The molecular weight excluding hydrogens is 418 g/mol. The number of aryl methyl sites for hydroxylation is 1. The van der Waals surface area contributed by atoms with E-state index in [1.165, 1.54) is 12.5 Å². The molecule has 1 amide bonds. The smallest absolute Gasteiger partial charge is 0.276 e. The van der Waals surface area contributed by atoms with Crippen molar-refractivity contribution in [3.63, 3.8) is 0 Å². The fraction of sp³-hybridized carbons (Fsp3) is 0.520. The third-order valence-corrected chi connectivity index (χ3v) is 8.05. The third-order valence-electron chi connectivity index (χ3n) is 8.05. The van der Waals surface area contributed by atoms with Crippen molar-refractivity contribution < 1.29 is 13.6 Å². The summed E-state index contributed by atoms with van der Waals surface area (Å²) in [6.45, 7) is 8.78. The van der Waals surface area contributed by atoms with Crippen LogP contribution in [0.4, 0.5) is 4.39 Å². The minimum atomic E-state index is -0.548. The van der Waals surface area contributed by atoms with Gasteiger partial charge in [0.1, 0.15) is 19.4 Å². The summed E-state index contributed by atoms with van der Waals surface area (Å²) >= 11 is 0. The number of nitrogens with zero attached hydrogens (tertiary/aromatic N) is 2. The molecule has 2 fully saturated rings. The van der Waals surface area contributed by atoms with Gasteiger partial charge in [-0.2, -0.15) is 0 Å². The van der Waals surface area contributed by atoms with Crippen molar-refractivity contribution in [1.29, 1.82) is 10.8 Å². The highest BCUT2D eigenvalue weighted by Gasteiger charge is 2.65. The fourth-order valence-electron chi connectivity index (χ4n) is 5.96. The number of amides is 1. The quantitative estimate of drug-likeness (QED) is 0.478. The standard InChI is InChI=1S/C25H30BFN4O2/c1-5-31(23(32)21-14(2)33-13-30-21)12-25-10-9-16(24(25,3)4)15(22(25)29)11-19(28)20-17(26)7-6-8-18(20)27/h8,11,13,16,28-29H,5-7,9-10,12H2,1-4H3/b15-11-,28-19?,29-22?/t16-,25?/m0/s1. The van der Waals surface area contributed by atoms with Gasteiger partial charge in [-0.15, -0.1) is 5.47 Å². The third kappa shape index (κ3) is 3.45. The maximum absolute atomic E-state index is 14.5. The van der Waals surface area contributed by atoms with Crippen LogP contribution in [0.25, 0.3) is 0 Å². The minimum absolute atomic E-state index is 0.0147. The van der Waals surface area contributed by atoms with Crippen LogP contribution in [0.15, 0.2) is 45.4 Å². The SMILES string of the molecule is [B]C1=C(C(=N)/C=C2\C(=N)C3(CN(CC)C(=O)c4ncoc4C)CC[C@@H]2C3(C)C)C(F)=CCC1. The molecule has 1 unspecified atom stereocenters. The van der Waals surface area contributed by atoms with Crippen molar-refractivity contribution in [3.05, 3.63) is 52.4 Å². The van der Waals surface area contributed by atoms with Gasteiger partial charge in [0.05, 0.1) is 5.71 Å². The first-order chi connectivity index (χ1) is 15.5. The zero-order chi connectivity index (χ0) is 24.1. The predicted octanol–water partition coefficient (Wildman–Crippen LogP) is 4.92. The summed E-state index contributed by atoms with van der Waals surface area (Å²) in [6.07, 6.45) is 7.08. The van der Waals surface area contributed by atoms with Gasteiger partial charge in [0, 0.05) is 29.8 Å². The van der Waals surface area contributed by atoms with E-state index in [0.717, 1.165) is 18.4 Å². The average Bonchev–Trinajstić information content (AvgIpc) is 3.33. The van der Waals surface area contributed by atoms with E-state index in [9.17, 15) is 9.18 Å². The van der Waals surface area contributed by atoms with Crippen molar-refractivity contribution in [2.75, 3.05) is 13.1 Å². The number of carbonyl (C=O) groups excluding carboxylic acids is 1. The van der Waals surface area contributed by atoms with Crippen LogP contribution in [0.5, 0.6) is 0 Å². The molecular formula is C25H30BFN4O2. The van der Waals surface area contributed by atoms with Gasteiger partial charge in [0.2, 0.25) is 0 Å². The lowest BCUT2D eigenvalue weighted by Gasteiger charge is -2.41. The number of oxazole rings is 1. The molecule has 1 aromatic heterocycles. The van der Waals surface area contributed by atoms with E-state index in [4.69, 9.17) is 23.1 Å². The summed E-state index contributed by atoms with van der Waals surface area (Å²) in [5.74, 6) is -0.133. The predicted molar refractivity (Wildman–Crippen MR) is 126 cm³/mol. The second-order valence-electron chi connectivity index (χ2n) is 9.85. The number of allylic oxidation sites excluding steroid dienone is 6. The van der Waals surface area contributed by atoms with E-state index in [-0.39, 0.29) is 28.5 Å². The van der Waals surface area contributed by atoms with Crippen molar-refractivity contribution in [2.45, 2.75) is 53.4 Å². The Bertz CT molecular complexity index is 1130. The number of carbonyl (C=O) groups is 1. The van der Waals surface area contributed by atoms with Crippen molar-refractivity contribution in [2.24, 2.45) is 16.7 Å². The lowest BCUT2D eigenvalue weighted by atomic mass is 9.68. The van der Waals surface area contributed by atoms with Crippen molar-refractivity contribution in [1.82, 2.24) is 9.88 Å². The van der Waals surface area contributed by atoms with Crippen LogP contribution in [-0.4, -0.2) is 48.2 Å². The Morgan fingerprint density at radius 2 is 2.18 bits per heavy atom. The van der Waals surface area contributed by atoms with Crippen LogP contribution < -0.4 is 0 Å². The van der Waals surface area contributed by atoms with Crippen LogP contribution in [0.3, 0.4) is 0 Å². The van der Waals surface area contributed by atoms with Crippen LogP contribution >= 0.6 is 0 Å². The molecule has 0 saturated heterocycles. The van der Waals surface area contributed by atoms with Gasteiger partial charge >= 0.3 is 0 Å². The monoisotopic (exact) mass is 448 g/mol. The number of rotatable bonds is 6. The van der Waals surface area contributed by atoms with Crippen LogP contribution in [0.2, 0.25) is 0 Å². The van der Waals surface area contributed by atoms with E-state index in [1.807, 2.05) is 6.92 Å². The summed E-state index contributed by atoms with van der Waals surface area (Å²) in [5.41, 5.74) is 1.20. The van der Waals surface area contributed by atoms with Gasteiger partial charge in [0.15, 0.2) is 12.1 Å².